The Morgan fingerprint density at radius 3 is 2.70 bits per heavy atom. The van der Waals surface area contributed by atoms with E-state index in [2.05, 4.69) is 0 Å². The van der Waals surface area contributed by atoms with Gasteiger partial charge in [0.05, 0.1) is 12.2 Å². The van der Waals surface area contributed by atoms with Crippen molar-refractivity contribution in [3.05, 3.63) is 65.5 Å². The summed E-state index contributed by atoms with van der Waals surface area (Å²) in [4.78, 5) is 11.9. The first-order valence-corrected chi connectivity index (χ1v) is 6.19. The molecule has 0 aliphatic rings. The highest BCUT2D eigenvalue weighted by Crippen LogP contribution is 2.15. The van der Waals surface area contributed by atoms with Gasteiger partial charge in [0.2, 0.25) is 5.78 Å². The molecule has 0 heterocycles. The van der Waals surface area contributed by atoms with Gasteiger partial charge >= 0.3 is 0 Å². The zero-order chi connectivity index (χ0) is 14.4. The fourth-order valence-corrected chi connectivity index (χ4v) is 1.81. The van der Waals surface area contributed by atoms with Crippen molar-refractivity contribution in [3.63, 3.8) is 0 Å². The van der Waals surface area contributed by atoms with Crippen LogP contribution in [0.25, 0.3) is 0 Å². The van der Waals surface area contributed by atoms with Crippen LogP contribution >= 0.6 is 0 Å². The van der Waals surface area contributed by atoms with Crippen LogP contribution in [0.3, 0.4) is 0 Å². The molecule has 2 rings (SSSR count). The Balaban J connectivity index is 2.00. The third-order valence-electron chi connectivity index (χ3n) is 2.75. The highest BCUT2D eigenvalue weighted by Gasteiger charge is 2.11. The summed E-state index contributed by atoms with van der Waals surface area (Å²) in [6.07, 6.45) is 0. The van der Waals surface area contributed by atoms with Crippen LogP contribution in [-0.2, 0) is 11.3 Å². The minimum Gasteiger partial charge on any atom is -0.485 e. The molecular formula is C16H15FO3. The fraction of sp³-hybridized carbons (Fsp3) is 0.188. The zero-order valence-corrected chi connectivity index (χ0v) is 11.1. The van der Waals surface area contributed by atoms with Crippen LogP contribution in [0, 0.1) is 5.82 Å². The Hall–Kier alpha value is -2.20. The molecule has 0 bridgehead atoms. The second kappa shape index (κ2) is 6.82. The first-order valence-electron chi connectivity index (χ1n) is 6.19. The van der Waals surface area contributed by atoms with Crippen molar-refractivity contribution in [1.29, 1.82) is 0 Å². The largest absolute Gasteiger partial charge is 0.485 e. The average molecular weight is 274 g/mol. The lowest BCUT2D eigenvalue weighted by atomic mass is 10.1. The number of carbonyl (C=O) groups excluding carboxylic acids is 1. The number of benzene rings is 2. The topological polar surface area (TPSA) is 35.5 Å². The van der Waals surface area contributed by atoms with Gasteiger partial charge in [0, 0.05) is 7.11 Å². The first kappa shape index (κ1) is 14.2. The predicted octanol–water partition coefficient (Wildman–Crippen LogP) is 3.23. The van der Waals surface area contributed by atoms with Gasteiger partial charge in [-0.15, -0.1) is 0 Å². The lowest BCUT2D eigenvalue weighted by molar-refractivity contribution is 0.0917. The molecule has 3 nitrogen and oxygen atoms in total. The van der Waals surface area contributed by atoms with Crippen LogP contribution < -0.4 is 4.74 Å². The molecule has 0 radical (unpaired) electrons. The summed E-state index contributed by atoms with van der Waals surface area (Å²) in [5.41, 5.74) is 0.990. The third kappa shape index (κ3) is 3.65. The summed E-state index contributed by atoms with van der Waals surface area (Å²) in [7, 11) is 1.61. The molecule has 0 aliphatic heterocycles. The summed E-state index contributed by atoms with van der Waals surface area (Å²) in [6, 6.07) is 13.1. The monoisotopic (exact) mass is 274 g/mol. The number of hydrogen-bond acceptors (Lipinski definition) is 3. The van der Waals surface area contributed by atoms with Crippen molar-refractivity contribution < 1.29 is 18.7 Å². The molecule has 0 unspecified atom stereocenters. The Morgan fingerprint density at radius 1 is 1.15 bits per heavy atom. The summed E-state index contributed by atoms with van der Waals surface area (Å²) in [5, 5.41) is 0. The lowest BCUT2D eigenvalue weighted by Gasteiger charge is -2.07. The van der Waals surface area contributed by atoms with Gasteiger partial charge in [-0.2, -0.15) is 0 Å². The van der Waals surface area contributed by atoms with E-state index >= 15 is 0 Å². The number of ether oxygens (including phenoxy) is 2. The van der Waals surface area contributed by atoms with E-state index in [4.69, 9.17) is 9.47 Å². The number of ketones is 1. The molecule has 0 atom stereocenters. The van der Waals surface area contributed by atoms with Gasteiger partial charge in [-0.3, -0.25) is 4.79 Å². The van der Waals surface area contributed by atoms with E-state index in [1.54, 1.807) is 31.4 Å². The number of rotatable bonds is 6. The van der Waals surface area contributed by atoms with Crippen LogP contribution in [0.4, 0.5) is 4.39 Å². The standard InChI is InChI=1S/C16H15FO3/c1-19-10-12-5-4-6-13(9-12)20-11-16(18)14-7-2-3-8-15(14)17/h2-9H,10-11H2,1H3. The molecule has 0 fully saturated rings. The maximum atomic E-state index is 13.4. The summed E-state index contributed by atoms with van der Waals surface area (Å²) >= 11 is 0. The molecule has 0 N–H and O–H groups in total. The van der Waals surface area contributed by atoms with Crippen LogP contribution in [0.5, 0.6) is 5.75 Å². The fourth-order valence-electron chi connectivity index (χ4n) is 1.81. The molecule has 20 heavy (non-hydrogen) atoms. The van der Waals surface area contributed by atoms with Crippen LogP contribution in [-0.4, -0.2) is 19.5 Å². The quantitative estimate of drug-likeness (QED) is 0.759. The Bertz CT molecular complexity index is 596. The van der Waals surface area contributed by atoms with Gasteiger partial charge in [0.1, 0.15) is 11.6 Å². The Labute approximate surface area is 117 Å². The van der Waals surface area contributed by atoms with Gasteiger partial charge < -0.3 is 9.47 Å². The lowest BCUT2D eigenvalue weighted by Crippen LogP contribution is -2.13. The number of carbonyl (C=O) groups is 1. The minimum atomic E-state index is -0.533. The normalized spacial score (nSPS) is 10.3. The number of Topliss-reactive ketones (excluding diaryl/α,β-unsaturated/α-hetero) is 1. The Morgan fingerprint density at radius 2 is 1.95 bits per heavy atom. The zero-order valence-electron chi connectivity index (χ0n) is 11.1. The molecule has 104 valence electrons. The van der Waals surface area contributed by atoms with Crippen molar-refractivity contribution in [1.82, 2.24) is 0 Å². The maximum absolute atomic E-state index is 13.4. The van der Waals surface area contributed by atoms with Crippen LogP contribution in [0.15, 0.2) is 48.5 Å². The molecule has 0 amide bonds. The van der Waals surface area contributed by atoms with Gasteiger partial charge in [-0.1, -0.05) is 24.3 Å². The predicted molar refractivity (Wildman–Crippen MR) is 73.4 cm³/mol. The summed E-state index contributed by atoms with van der Waals surface area (Å²) < 4.78 is 23.9. The molecule has 4 heteroatoms. The van der Waals surface area contributed by atoms with Crippen molar-refractivity contribution in [2.24, 2.45) is 0 Å². The third-order valence-corrected chi connectivity index (χ3v) is 2.75. The van der Waals surface area contributed by atoms with Crippen molar-refractivity contribution in [2.75, 3.05) is 13.7 Å². The van der Waals surface area contributed by atoms with Crippen LogP contribution in [0.1, 0.15) is 15.9 Å². The maximum Gasteiger partial charge on any atom is 0.203 e. The van der Waals surface area contributed by atoms with E-state index < -0.39 is 5.82 Å². The number of hydrogen-bond donors (Lipinski definition) is 0. The van der Waals surface area contributed by atoms with Crippen molar-refractivity contribution in [2.45, 2.75) is 6.61 Å². The summed E-state index contributed by atoms with van der Waals surface area (Å²) in [6.45, 7) is 0.274. The molecule has 2 aromatic rings. The van der Waals surface area contributed by atoms with E-state index in [1.165, 1.54) is 12.1 Å². The summed E-state index contributed by atoms with van der Waals surface area (Å²) in [5.74, 6) is -0.362. The van der Waals surface area contributed by atoms with Gasteiger partial charge in [-0.05, 0) is 29.8 Å². The van der Waals surface area contributed by atoms with E-state index in [0.29, 0.717) is 12.4 Å². The van der Waals surface area contributed by atoms with E-state index in [0.717, 1.165) is 5.56 Å². The number of methoxy groups -OCH3 is 1. The highest BCUT2D eigenvalue weighted by molar-refractivity contribution is 5.97. The van der Waals surface area contributed by atoms with E-state index in [1.807, 2.05) is 12.1 Å². The molecule has 0 aromatic heterocycles. The molecular weight excluding hydrogens is 259 g/mol. The molecule has 0 saturated carbocycles. The average Bonchev–Trinajstić information content (AvgIpc) is 2.46. The Kier molecular flexibility index (Phi) is 4.85. The second-order valence-corrected chi connectivity index (χ2v) is 4.27. The SMILES string of the molecule is COCc1cccc(OCC(=O)c2ccccc2F)c1. The van der Waals surface area contributed by atoms with Gasteiger partial charge in [0.15, 0.2) is 6.61 Å². The molecule has 0 saturated heterocycles. The van der Waals surface area contributed by atoms with Crippen molar-refractivity contribution in [3.8, 4) is 5.75 Å². The highest BCUT2D eigenvalue weighted by atomic mass is 19.1. The van der Waals surface area contributed by atoms with E-state index in [9.17, 15) is 9.18 Å². The van der Waals surface area contributed by atoms with Crippen molar-refractivity contribution >= 4 is 5.78 Å². The van der Waals surface area contributed by atoms with Gasteiger partial charge in [0.25, 0.3) is 0 Å². The smallest absolute Gasteiger partial charge is 0.203 e. The second-order valence-electron chi connectivity index (χ2n) is 4.27. The molecule has 2 aromatic carbocycles. The minimum absolute atomic E-state index is 0.0422. The number of halogens is 1. The van der Waals surface area contributed by atoms with E-state index in [-0.39, 0.29) is 18.0 Å². The van der Waals surface area contributed by atoms with Crippen LogP contribution in [0.2, 0.25) is 0 Å². The van der Waals surface area contributed by atoms with Gasteiger partial charge in [-0.25, -0.2) is 4.39 Å². The first-order chi connectivity index (χ1) is 9.70. The molecule has 0 spiro atoms. The molecule has 0 aliphatic carbocycles.